The summed E-state index contributed by atoms with van der Waals surface area (Å²) in [7, 11) is -3.09. The fourth-order valence-corrected chi connectivity index (χ4v) is 1.93. The van der Waals surface area contributed by atoms with Crippen LogP contribution in [-0.4, -0.2) is 21.6 Å². The van der Waals surface area contributed by atoms with Gasteiger partial charge in [0.25, 0.3) is 0 Å². The van der Waals surface area contributed by atoms with E-state index in [0.717, 1.165) is 0 Å². The van der Waals surface area contributed by atoms with Gasteiger partial charge in [0.1, 0.15) is 5.75 Å². The second kappa shape index (κ2) is 5.35. The highest BCUT2D eigenvalue weighted by Gasteiger charge is 2.12. The minimum Gasteiger partial charge on any atom is -0.493 e. The molecule has 17 heavy (non-hydrogen) atoms. The highest BCUT2D eigenvalue weighted by molar-refractivity contribution is 7.85. The van der Waals surface area contributed by atoms with Crippen LogP contribution in [0.15, 0.2) is 18.2 Å². The van der Waals surface area contributed by atoms with E-state index >= 15 is 0 Å². The summed E-state index contributed by atoms with van der Waals surface area (Å²) in [6.07, 6.45) is -0.0281. The van der Waals surface area contributed by atoms with Crippen molar-refractivity contribution in [2.75, 3.05) is 7.11 Å². The van der Waals surface area contributed by atoms with E-state index in [1.54, 1.807) is 6.07 Å². The zero-order valence-electron chi connectivity index (χ0n) is 9.94. The van der Waals surface area contributed by atoms with Crippen molar-refractivity contribution >= 4 is 10.2 Å². The van der Waals surface area contributed by atoms with Gasteiger partial charge in [-0.2, -0.15) is 8.42 Å². The standard InChI is InChI=1S/C11H15FO4S/c1-8(2)16-10-5-4-9(6-11(10)15-3)7-17(12,13)14/h4-6,8H,7H2,1-3H3. The zero-order valence-corrected chi connectivity index (χ0v) is 10.8. The largest absolute Gasteiger partial charge is 0.493 e. The van der Waals surface area contributed by atoms with Crippen molar-refractivity contribution in [1.82, 2.24) is 0 Å². The Balaban J connectivity index is 3.00. The Morgan fingerprint density at radius 3 is 2.41 bits per heavy atom. The van der Waals surface area contributed by atoms with E-state index in [1.807, 2.05) is 13.8 Å². The summed E-state index contributed by atoms with van der Waals surface area (Å²) in [6, 6.07) is 4.52. The van der Waals surface area contributed by atoms with E-state index in [4.69, 9.17) is 9.47 Å². The molecule has 0 heterocycles. The van der Waals surface area contributed by atoms with Crippen molar-refractivity contribution in [1.29, 1.82) is 0 Å². The van der Waals surface area contributed by atoms with Crippen molar-refractivity contribution in [3.8, 4) is 11.5 Å². The maximum atomic E-state index is 12.5. The number of halogens is 1. The normalized spacial score (nSPS) is 11.6. The number of hydrogen-bond acceptors (Lipinski definition) is 4. The molecule has 0 saturated carbocycles. The first-order chi connectivity index (χ1) is 7.81. The number of hydrogen-bond donors (Lipinski definition) is 0. The lowest BCUT2D eigenvalue weighted by atomic mass is 10.2. The van der Waals surface area contributed by atoms with Gasteiger partial charge >= 0.3 is 10.2 Å². The van der Waals surface area contributed by atoms with Crippen molar-refractivity contribution in [3.63, 3.8) is 0 Å². The molecule has 1 rings (SSSR count). The SMILES string of the molecule is COc1cc(CS(=O)(=O)F)ccc1OC(C)C. The Hall–Kier alpha value is -1.30. The molecule has 0 aliphatic rings. The molecule has 0 aliphatic carbocycles. The molecule has 4 nitrogen and oxygen atoms in total. The summed E-state index contributed by atoms with van der Waals surface area (Å²) in [5, 5.41) is 0. The van der Waals surface area contributed by atoms with Gasteiger partial charge in [0.2, 0.25) is 0 Å². The summed E-state index contributed by atoms with van der Waals surface area (Å²) >= 11 is 0. The highest BCUT2D eigenvalue weighted by atomic mass is 32.3. The molecule has 0 amide bonds. The summed E-state index contributed by atoms with van der Waals surface area (Å²) in [4.78, 5) is 0. The zero-order chi connectivity index (χ0) is 13.1. The fraction of sp³-hybridized carbons (Fsp3) is 0.455. The van der Waals surface area contributed by atoms with Crippen LogP contribution in [-0.2, 0) is 16.0 Å². The summed E-state index contributed by atoms with van der Waals surface area (Å²) in [6.45, 7) is 3.72. The van der Waals surface area contributed by atoms with Crippen LogP contribution in [0, 0.1) is 0 Å². The minimum absolute atomic E-state index is 0.0281. The van der Waals surface area contributed by atoms with Gasteiger partial charge < -0.3 is 9.47 Å². The van der Waals surface area contributed by atoms with Crippen LogP contribution in [0.5, 0.6) is 11.5 Å². The molecular weight excluding hydrogens is 247 g/mol. The van der Waals surface area contributed by atoms with E-state index in [1.165, 1.54) is 19.2 Å². The average molecular weight is 262 g/mol. The average Bonchev–Trinajstić information content (AvgIpc) is 2.17. The summed E-state index contributed by atoms with van der Waals surface area (Å²) in [5.74, 6) is 0.230. The number of rotatable bonds is 5. The molecule has 1 aromatic carbocycles. The van der Waals surface area contributed by atoms with E-state index in [0.29, 0.717) is 17.1 Å². The maximum absolute atomic E-state index is 12.5. The topological polar surface area (TPSA) is 52.6 Å². The summed E-state index contributed by atoms with van der Waals surface area (Å²) < 4.78 is 44.1. The molecule has 0 atom stereocenters. The van der Waals surface area contributed by atoms with Crippen LogP contribution in [0.4, 0.5) is 3.89 Å². The lowest BCUT2D eigenvalue weighted by Gasteiger charge is -2.14. The number of methoxy groups -OCH3 is 1. The van der Waals surface area contributed by atoms with Gasteiger partial charge in [-0.3, -0.25) is 0 Å². The molecule has 0 spiro atoms. The predicted molar refractivity (Wildman–Crippen MR) is 62.5 cm³/mol. The van der Waals surface area contributed by atoms with Crippen LogP contribution >= 0.6 is 0 Å². The predicted octanol–water partition coefficient (Wildman–Crippen LogP) is 2.28. The third-order valence-corrected chi connectivity index (χ3v) is 2.61. The molecule has 0 bridgehead atoms. The van der Waals surface area contributed by atoms with Gasteiger partial charge in [0.15, 0.2) is 11.5 Å². The van der Waals surface area contributed by atoms with E-state index in [9.17, 15) is 12.3 Å². The van der Waals surface area contributed by atoms with Crippen molar-refractivity contribution in [2.45, 2.75) is 25.7 Å². The van der Waals surface area contributed by atoms with Gasteiger partial charge in [-0.05, 0) is 31.5 Å². The first-order valence-electron chi connectivity index (χ1n) is 5.07. The Morgan fingerprint density at radius 1 is 1.29 bits per heavy atom. The minimum atomic E-state index is -4.53. The molecule has 0 aromatic heterocycles. The molecule has 96 valence electrons. The quantitative estimate of drug-likeness (QED) is 0.764. The van der Waals surface area contributed by atoms with Gasteiger partial charge in [-0.1, -0.05) is 6.07 Å². The first kappa shape index (κ1) is 13.8. The Kier molecular flexibility index (Phi) is 4.34. The molecule has 0 saturated heterocycles. The van der Waals surface area contributed by atoms with E-state index in [-0.39, 0.29) is 6.10 Å². The van der Waals surface area contributed by atoms with Gasteiger partial charge in [0.05, 0.1) is 13.2 Å². The monoisotopic (exact) mass is 262 g/mol. The van der Waals surface area contributed by atoms with Crippen molar-refractivity contribution in [2.24, 2.45) is 0 Å². The molecule has 0 N–H and O–H groups in total. The van der Waals surface area contributed by atoms with Crippen LogP contribution in [0.2, 0.25) is 0 Å². The first-order valence-corrected chi connectivity index (χ1v) is 6.63. The van der Waals surface area contributed by atoms with Gasteiger partial charge in [-0.15, -0.1) is 3.89 Å². The number of benzene rings is 1. The molecule has 0 unspecified atom stereocenters. The van der Waals surface area contributed by atoms with E-state index in [2.05, 4.69) is 0 Å². The molecular formula is C11H15FO4S. The summed E-state index contributed by atoms with van der Waals surface area (Å²) in [5.41, 5.74) is 0.320. The Labute approximate surface area is 101 Å². The van der Waals surface area contributed by atoms with Crippen LogP contribution in [0.1, 0.15) is 19.4 Å². The third-order valence-electron chi connectivity index (χ3n) is 1.93. The van der Waals surface area contributed by atoms with Crippen LogP contribution < -0.4 is 9.47 Å². The van der Waals surface area contributed by atoms with Crippen LogP contribution in [0.25, 0.3) is 0 Å². The molecule has 0 radical (unpaired) electrons. The second-order valence-corrected chi connectivity index (χ2v) is 5.20. The smallest absolute Gasteiger partial charge is 0.306 e. The van der Waals surface area contributed by atoms with Crippen molar-refractivity contribution < 1.29 is 21.8 Å². The van der Waals surface area contributed by atoms with Gasteiger partial charge in [-0.25, -0.2) is 0 Å². The molecule has 0 aliphatic heterocycles. The van der Waals surface area contributed by atoms with E-state index < -0.39 is 16.0 Å². The van der Waals surface area contributed by atoms with Crippen molar-refractivity contribution in [3.05, 3.63) is 23.8 Å². The Morgan fingerprint density at radius 2 is 1.94 bits per heavy atom. The lowest BCUT2D eigenvalue weighted by Crippen LogP contribution is -2.07. The molecule has 6 heteroatoms. The third kappa shape index (κ3) is 4.60. The maximum Gasteiger partial charge on any atom is 0.306 e. The molecule has 0 fully saturated rings. The fourth-order valence-electron chi connectivity index (χ4n) is 1.35. The lowest BCUT2D eigenvalue weighted by molar-refractivity contribution is 0.230. The Bertz CT molecular complexity index is 482. The number of ether oxygens (including phenoxy) is 2. The highest BCUT2D eigenvalue weighted by Crippen LogP contribution is 2.29. The second-order valence-electron chi connectivity index (χ2n) is 3.83. The molecule has 1 aromatic rings. The van der Waals surface area contributed by atoms with Crippen LogP contribution in [0.3, 0.4) is 0 Å². The van der Waals surface area contributed by atoms with Gasteiger partial charge in [0, 0.05) is 0 Å².